The molecule has 0 aliphatic heterocycles. The molecule has 0 spiro atoms. The van der Waals surface area contributed by atoms with Crippen molar-refractivity contribution in [2.75, 3.05) is 11.3 Å². The normalized spacial score (nSPS) is 15.4. The molecule has 1 aromatic rings. The van der Waals surface area contributed by atoms with E-state index >= 15 is 0 Å². The van der Waals surface area contributed by atoms with E-state index in [0.717, 1.165) is 6.04 Å². The van der Waals surface area contributed by atoms with Gasteiger partial charge in [-0.15, -0.1) is 0 Å². The molecule has 22 heavy (non-hydrogen) atoms. The maximum absolute atomic E-state index is 12.0. The molecule has 1 aliphatic carbocycles. The van der Waals surface area contributed by atoms with Gasteiger partial charge in [0.1, 0.15) is 0 Å². The minimum Gasteiger partial charge on any atom is -0.462 e. The van der Waals surface area contributed by atoms with Crippen LogP contribution in [0, 0.1) is 0 Å². The van der Waals surface area contributed by atoms with Crippen LogP contribution in [-0.2, 0) is 14.8 Å². The molecule has 1 N–H and O–H groups in total. The minimum atomic E-state index is -3.32. The molecule has 2 rings (SSSR count). The van der Waals surface area contributed by atoms with Crippen LogP contribution in [-0.4, -0.2) is 34.3 Å². The summed E-state index contributed by atoms with van der Waals surface area (Å²) >= 11 is 0. The van der Waals surface area contributed by atoms with Crippen molar-refractivity contribution in [3.05, 3.63) is 29.8 Å². The van der Waals surface area contributed by atoms with E-state index in [9.17, 15) is 13.2 Å². The number of nitrogens with one attached hydrogen (secondary N) is 1. The fourth-order valence-corrected chi connectivity index (χ4v) is 3.96. The summed E-state index contributed by atoms with van der Waals surface area (Å²) in [6, 6.07) is 7.36. The van der Waals surface area contributed by atoms with Crippen molar-refractivity contribution < 1.29 is 17.9 Å². The van der Waals surface area contributed by atoms with Gasteiger partial charge in [-0.1, -0.05) is 25.7 Å². The first-order chi connectivity index (χ1) is 10.2. The number of sulfonamides is 1. The SMILES string of the molecule is C[Si](C)(C)CCOC(=O)c1cccc(NS(=O)(=O)C2CC2)c1. The van der Waals surface area contributed by atoms with Gasteiger partial charge in [-0.05, 0) is 37.1 Å². The molecule has 1 fully saturated rings. The highest BCUT2D eigenvalue weighted by Gasteiger charge is 2.35. The summed E-state index contributed by atoms with van der Waals surface area (Å²) < 4.78 is 31.6. The molecule has 0 unspecified atom stereocenters. The van der Waals surface area contributed by atoms with E-state index < -0.39 is 24.1 Å². The number of hydrogen-bond acceptors (Lipinski definition) is 4. The Balaban J connectivity index is 1.97. The quantitative estimate of drug-likeness (QED) is 0.611. The van der Waals surface area contributed by atoms with E-state index in [1.165, 1.54) is 6.07 Å². The number of esters is 1. The van der Waals surface area contributed by atoms with E-state index in [0.29, 0.717) is 30.7 Å². The van der Waals surface area contributed by atoms with Crippen LogP contribution in [0.4, 0.5) is 5.69 Å². The van der Waals surface area contributed by atoms with Crippen LogP contribution in [0.5, 0.6) is 0 Å². The topological polar surface area (TPSA) is 72.5 Å². The molecule has 5 nitrogen and oxygen atoms in total. The van der Waals surface area contributed by atoms with Crippen LogP contribution in [0.15, 0.2) is 24.3 Å². The number of carbonyl (C=O) groups excluding carboxylic acids is 1. The molecule has 1 aliphatic rings. The highest BCUT2D eigenvalue weighted by Crippen LogP contribution is 2.29. The summed E-state index contributed by atoms with van der Waals surface area (Å²) in [4.78, 5) is 12.0. The van der Waals surface area contributed by atoms with E-state index in [4.69, 9.17) is 4.74 Å². The maximum atomic E-state index is 12.0. The zero-order chi connectivity index (χ0) is 16.4. The molecule has 0 atom stereocenters. The van der Waals surface area contributed by atoms with Crippen molar-refractivity contribution in [3.8, 4) is 0 Å². The highest BCUT2D eigenvalue weighted by molar-refractivity contribution is 7.93. The average Bonchev–Trinajstić information content (AvgIpc) is 3.21. The Morgan fingerprint density at radius 1 is 1.32 bits per heavy atom. The molecule has 0 bridgehead atoms. The Morgan fingerprint density at radius 2 is 2.00 bits per heavy atom. The summed E-state index contributed by atoms with van der Waals surface area (Å²) in [5.74, 6) is -0.411. The lowest BCUT2D eigenvalue weighted by Crippen LogP contribution is -2.22. The van der Waals surface area contributed by atoms with Crippen LogP contribution >= 0.6 is 0 Å². The smallest absolute Gasteiger partial charge is 0.338 e. The Morgan fingerprint density at radius 3 is 2.59 bits per heavy atom. The Bertz CT molecular complexity index is 648. The third-order valence-corrected chi connectivity index (χ3v) is 6.98. The molecular formula is C15H23NO4SSi. The van der Waals surface area contributed by atoms with Crippen LogP contribution in [0.1, 0.15) is 23.2 Å². The van der Waals surface area contributed by atoms with Crippen molar-refractivity contribution in [1.82, 2.24) is 0 Å². The first-order valence-corrected chi connectivity index (χ1v) is 12.7. The van der Waals surface area contributed by atoms with Gasteiger partial charge in [-0.2, -0.15) is 0 Å². The van der Waals surface area contributed by atoms with Gasteiger partial charge < -0.3 is 4.74 Å². The Hall–Kier alpha value is -1.34. The summed E-state index contributed by atoms with van der Waals surface area (Å²) in [5, 5.41) is -0.292. The molecule has 1 saturated carbocycles. The molecule has 7 heteroatoms. The van der Waals surface area contributed by atoms with Gasteiger partial charge in [-0.25, -0.2) is 13.2 Å². The Labute approximate surface area is 133 Å². The van der Waals surface area contributed by atoms with Gasteiger partial charge >= 0.3 is 5.97 Å². The van der Waals surface area contributed by atoms with Gasteiger partial charge in [0, 0.05) is 13.8 Å². The van der Waals surface area contributed by atoms with Crippen molar-refractivity contribution in [2.45, 2.75) is 43.8 Å². The molecule has 0 aromatic heterocycles. The Kier molecular flexibility index (Phi) is 4.96. The summed E-state index contributed by atoms with van der Waals surface area (Å²) in [6.45, 7) is 7.06. The van der Waals surface area contributed by atoms with Gasteiger partial charge in [0.15, 0.2) is 0 Å². The van der Waals surface area contributed by atoms with Crippen molar-refractivity contribution >= 4 is 29.8 Å². The zero-order valence-electron chi connectivity index (χ0n) is 13.3. The van der Waals surface area contributed by atoms with Crippen LogP contribution < -0.4 is 4.72 Å². The standard InChI is InChI=1S/C15H23NO4SSi/c1-22(2,3)10-9-20-15(17)12-5-4-6-13(11-12)16-21(18,19)14-7-8-14/h4-6,11,14,16H,7-10H2,1-3H3. The number of rotatable bonds is 7. The predicted octanol–water partition coefficient (Wildman–Crippen LogP) is 3.09. The van der Waals surface area contributed by atoms with Gasteiger partial charge in [0.2, 0.25) is 10.0 Å². The van der Waals surface area contributed by atoms with E-state index in [2.05, 4.69) is 24.4 Å². The number of benzene rings is 1. The second-order valence-electron chi connectivity index (χ2n) is 6.87. The van der Waals surface area contributed by atoms with Crippen LogP contribution in [0.2, 0.25) is 25.7 Å². The van der Waals surface area contributed by atoms with Gasteiger partial charge in [0.25, 0.3) is 0 Å². The van der Waals surface area contributed by atoms with Gasteiger partial charge in [0.05, 0.1) is 17.4 Å². The molecular weight excluding hydrogens is 318 g/mol. The highest BCUT2D eigenvalue weighted by atomic mass is 32.2. The first-order valence-electron chi connectivity index (χ1n) is 7.46. The van der Waals surface area contributed by atoms with E-state index in [-0.39, 0.29) is 5.25 Å². The second kappa shape index (κ2) is 6.42. The lowest BCUT2D eigenvalue weighted by Gasteiger charge is -2.15. The van der Waals surface area contributed by atoms with Gasteiger partial charge in [-0.3, -0.25) is 4.72 Å². The minimum absolute atomic E-state index is 0.292. The van der Waals surface area contributed by atoms with E-state index in [1.54, 1.807) is 18.2 Å². The van der Waals surface area contributed by atoms with Crippen LogP contribution in [0.3, 0.4) is 0 Å². The number of anilines is 1. The lowest BCUT2D eigenvalue weighted by molar-refractivity contribution is 0.0525. The summed E-state index contributed by atoms with van der Waals surface area (Å²) in [5.41, 5.74) is 0.776. The van der Waals surface area contributed by atoms with E-state index in [1.807, 2.05) is 0 Å². The third-order valence-electron chi connectivity index (χ3n) is 3.41. The van der Waals surface area contributed by atoms with Crippen molar-refractivity contribution in [2.24, 2.45) is 0 Å². The molecule has 0 amide bonds. The monoisotopic (exact) mass is 341 g/mol. The molecule has 0 radical (unpaired) electrons. The summed E-state index contributed by atoms with van der Waals surface area (Å²) in [6.07, 6.45) is 1.40. The van der Waals surface area contributed by atoms with Crippen molar-refractivity contribution in [3.63, 3.8) is 0 Å². The largest absolute Gasteiger partial charge is 0.462 e. The zero-order valence-corrected chi connectivity index (χ0v) is 15.1. The summed E-state index contributed by atoms with van der Waals surface area (Å²) in [7, 11) is -4.56. The fraction of sp³-hybridized carbons (Fsp3) is 0.533. The molecule has 1 aromatic carbocycles. The second-order valence-corrected chi connectivity index (χ2v) is 14.5. The number of ether oxygens (including phenoxy) is 1. The average molecular weight is 342 g/mol. The van der Waals surface area contributed by atoms with Crippen LogP contribution in [0.25, 0.3) is 0 Å². The number of hydrogen-bond donors (Lipinski definition) is 1. The molecule has 0 saturated heterocycles. The maximum Gasteiger partial charge on any atom is 0.338 e. The molecule has 0 heterocycles. The molecule has 122 valence electrons. The predicted molar refractivity (Wildman–Crippen MR) is 90.4 cm³/mol. The number of carbonyl (C=O) groups is 1. The first kappa shape index (κ1) is 17.0. The fourth-order valence-electron chi connectivity index (χ4n) is 1.87. The third kappa shape index (κ3) is 5.13. The van der Waals surface area contributed by atoms with Crippen molar-refractivity contribution in [1.29, 1.82) is 0 Å². The lowest BCUT2D eigenvalue weighted by atomic mass is 10.2.